The molecular weight excluding hydrogens is 242 g/mol. The van der Waals surface area contributed by atoms with Crippen molar-refractivity contribution in [1.82, 2.24) is 4.90 Å². The van der Waals surface area contributed by atoms with Gasteiger partial charge in [0.1, 0.15) is 0 Å². The lowest BCUT2D eigenvalue weighted by molar-refractivity contribution is 0.101. The fraction of sp³-hybridized carbons (Fsp3) is 0.500. The van der Waals surface area contributed by atoms with Crippen molar-refractivity contribution in [2.45, 2.75) is 6.92 Å². The summed E-state index contributed by atoms with van der Waals surface area (Å²) in [5, 5.41) is 3.21. The summed E-state index contributed by atoms with van der Waals surface area (Å²) in [7, 11) is 4.03. The first-order chi connectivity index (χ1) is 9.00. The largest absolute Gasteiger partial charge is 0.398 e. The van der Waals surface area contributed by atoms with Crippen molar-refractivity contribution in [3.8, 4) is 0 Å². The molecule has 0 aliphatic heterocycles. The van der Waals surface area contributed by atoms with Crippen molar-refractivity contribution in [3.05, 3.63) is 23.8 Å². The number of nitrogens with two attached hydrogens (primary N) is 1. The Hall–Kier alpha value is -1.59. The first kappa shape index (κ1) is 15.5. The lowest BCUT2D eigenvalue weighted by Gasteiger charge is -2.11. The van der Waals surface area contributed by atoms with Crippen LogP contribution in [0.25, 0.3) is 0 Å². The van der Waals surface area contributed by atoms with Crippen LogP contribution in [0.5, 0.6) is 0 Å². The number of ether oxygens (including phenoxy) is 1. The van der Waals surface area contributed by atoms with Gasteiger partial charge in [0.15, 0.2) is 5.78 Å². The third kappa shape index (κ3) is 5.72. The fourth-order valence-electron chi connectivity index (χ4n) is 1.59. The number of anilines is 2. The molecule has 0 spiro atoms. The summed E-state index contributed by atoms with van der Waals surface area (Å²) in [4.78, 5) is 13.4. The molecule has 0 aliphatic rings. The molecule has 0 heterocycles. The van der Waals surface area contributed by atoms with Crippen LogP contribution < -0.4 is 11.1 Å². The minimum atomic E-state index is -0.0246. The molecule has 5 nitrogen and oxygen atoms in total. The number of carbonyl (C=O) groups excluding carboxylic acids is 1. The van der Waals surface area contributed by atoms with Gasteiger partial charge >= 0.3 is 0 Å². The predicted octanol–water partition coefficient (Wildman–Crippen LogP) is 1.46. The van der Waals surface area contributed by atoms with E-state index in [1.807, 2.05) is 20.2 Å². The Labute approximate surface area is 114 Å². The summed E-state index contributed by atoms with van der Waals surface area (Å²) in [5.74, 6) is -0.0246. The van der Waals surface area contributed by atoms with Crippen molar-refractivity contribution in [2.24, 2.45) is 0 Å². The highest BCUT2D eigenvalue weighted by Gasteiger charge is 2.05. The van der Waals surface area contributed by atoms with Gasteiger partial charge in [0, 0.05) is 30.0 Å². The van der Waals surface area contributed by atoms with E-state index >= 15 is 0 Å². The van der Waals surface area contributed by atoms with Crippen LogP contribution in [0, 0.1) is 0 Å². The van der Waals surface area contributed by atoms with Gasteiger partial charge in [-0.25, -0.2) is 0 Å². The molecule has 5 heteroatoms. The van der Waals surface area contributed by atoms with Gasteiger partial charge in [-0.3, -0.25) is 4.79 Å². The van der Waals surface area contributed by atoms with E-state index in [-0.39, 0.29) is 5.78 Å². The molecule has 0 saturated carbocycles. The van der Waals surface area contributed by atoms with E-state index in [0.29, 0.717) is 24.4 Å². The standard InChI is InChI=1S/C14H23N3O2/c1-11(18)13-10-12(4-5-14(13)15)16-6-8-19-9-7-17(2)3/h4-5,10,16H,6-9,15H2,1-3H3. The zero-order valence-corrected chi connectivity index (χ0v) is 11.9. The van der Waals surface area contributed by atoms with E-state index < -0.39 is 0 Å². The number of carbonyl (C=O) groups is 1. The van der Waals surface area contributed by atoms with Crippen LogP contribution in [0.1, 0.15) is 17.3 Å². The van der Waals surface area contributed by atoms with E-state index in [1.165, 1.54) is 6.92 Å². The molecule has 0 fully saturated rings. The van der Waals surface area contributed by atoms with Gasteiger partial charge in [0.2, 0.25) is 0 Å². The van der Waals surface area contributed by atoms with Crippen LogP contribution in [0.3, 0.4) is 0 Å². The molecule has 19 heavy (non-hydrogen) atoms. The molecule has 106 valence electrons. The minimum absolute atomic E-state index is 0.0246. The monoisotopic (exact) mass is 265 g/mol. The van der Waals surface area contributed by atoms with Crippen molar-refractivity contribution < 1.29 is 9.53 Å². The topological polar surface area (TPSA) is 67.6 Å². The van der Waals surface area contributed by atoms with E-state index in [2.05, 4.69) is 10.2 Å². The van der Waals surface area contributed by atoms with Gasteiger partial charge in [-0.2, -0.15) is 0 Å². The number of nitrogen functional groups attached to an aromatic ring is 1. The van der Waals surface area contributed by atoms with E-state index in [0.717, 1.165) is 18.8 Å². The summed E-state index contributed by atoms with van der Waals surface area (Å²) in [5.41, 5.74) is 7.69. The number of rotatable bonds is 8. The van der Waals surface area contributed by atoms with Gasteiger partial charge in [0.05, 0.1) is 13.2 Å². The van der Waals surface area contributed by atoms with E-state index in [9.17, 15) is 4.79 Å². The molecular formula is C14H23N3O2. The van der Waals surface area contributed by atoms with Gasteiger partial charge < -0.3 is 20.7 Å². The zero-order chi connectivity index (χ0) is 14.3. The second kappa shape index (κ2) is 7.76. The van der Waals surface area contributed by atoms with Crippen LogP contribution in [-0.2, 0) is 4.74 Å². The number of nitrogens with one attached hydrogen (secondary N) is 1. The van der Waals surface area contributed by atoms with Crippen LogP contribution in [0.2, 0.25) is 0 Å². The Morgan fingerprint density at radius 1 is 1.37 bits per heavy atom. The number of benzene rings is 1. The van der Waals surface area contributed by atoms with Gasteiger partial charge in [-0.15, -0.1) is 0 Å². The second-order valence-corrected chi connectivity index (χ2v) is 4.70. The van der Waals surface area contributed by atoms with Crippen LogP contribution in [0.15, 0.2) is 18.2 Å². The van der Waals surface area contributed by atoms with Crippen molar-refractivity contribution in [2.75, 3.05) is 51.4 Å². The maximum Gasteiger partial charge on any atom is 0.161 e. The zero-order valence-electron chi connectivity index (χ0n) is 11.9. The minimum Gasteiger partial charge on any atom is -0.398 e. The SMILES string of the molecule is CC(=O)c1cc(NCCOCCN(C)C)ccc1N. The highest BCUT2D eigenvalue weighted by Crippen LogP contribution is 2.18. The smallest absolute Gasteiger partial charge is 0.161 e. The molecule has 3 N–H and O–H groups in total. The fourth-order valence-corrected chi connectivity index (χ4v) is 1.59. The number of hydrogen-bond donors (Lipinski definition) is 2. The average molecular weight is 265 g/mol. The number of nitrogens with zero attached hydrogens (tertiary/aromatic N) is 1. The normalized spacial score (nSPS) is 10.7. The predicted molar refractivity (Wildman–Crippen MR) is 78.7 cm³/mol. The molecule has 0 atom stereocenters. The first-order valence-corrected chi connectivity index (χ1v) is 6.37. The highest BCUT2D eigenvalue weighted by molar-refractivity contribution is 5.99. The number of ketones is 1. The molecule has 0 saturated heterocycles. The Morgan fingerprint density at radius 3 is 2.74 bits per heavy atom. The van der Waals surface area contributed by atoms with E-state index in [4.69, 9.17) is 10.5 Å². The summed E-state index contributed by atoms with van der Waals surface area (Å²) in [6.45, 7) is 4.48. The Bertz CT molecular complexity index is 419. The Morgan fingerprint density at radius 2 is 2.11 bits per heavy atom. The molecule has 1 rings (SSSR count). The second-order valence-electron chi connectivity index (χ2n) is 4.70. The third-order valence-corrected chi connectivity index (χ3v) is 2.69. The summed E-state index contributed by atoms with van der Waals surface area (Å²) in [6.07, 6.45) is 0. The van der Waals surface area contributed by atoms with E-state index in [1.54, 1.807) is 12.1 Å². The molecule has 1 aromatic rings. The summed E-state index contributed by atoms with van der Waals surface area (Å²) < 4.78 is 5.47. The lowest BCUT2D eigenvalue weighted by atomic mass is 10.1. The van der Waals surface area contributed by atoms with Crippen molar-refractivity contribution in [3.63, 3.8) is 0 Å². The molecule has 0 aromatic heterocycles. The highest BCUT2D eigenvalue weighted by atomic mass is 16.5. The summed E-state index contributed by atoms with van der Waals surface area (Å²) in [6, 6.07) is 5.38. The van der Waals surface area contributed by atoms with Crippen molar-refractivity contribution in [1.29, 1.82) is 0 Å². The number of likely N-dealkylation sites (N-methyl/N-ethyl adjacent to an activating group) is 1. The van der Waals surface area contributed by atoms with Crippen LogP contribution in [-0.4, -0.2) is 51.1 Å². The maximum atomic E-state index is 11.4. The molecule has 0 bridgehead atoms. The molecule has 0 aliphatic carbocycles. The van der Waals surface area contributed by atoms with Gasteiger partial charge in [-0.1, -0.05) is 0 Å². The summed E-state index contributed by atoms with van der Waals surface area (Å²) >= 11 is 0. The van der Waals surface area contributed by atoms with Gasteiger partial charge in [-0.05, 0) is 39.2 Å². The Balaban J connectivity index is 2.34. The van der Waals surface area contributed by atoms with Crippen molar-refractivity contribution >= 4 is 17.2 Å². The maximum absolute atomic E-state index is 11.4. The molecule has 0 amide bonds. The quantitative estimate of drug-likeness (QED) is 0.423. The molecule has 1 aromatic carbocycles. The average Bonchev–Trinajstić information content (AvgIpc) is 2.34. The number of Topliss-reactive ketones (excluding diaryl/α,β-unsaturated/α-hetero) is 1. The number of hydrogen-bond acceptors (Lipinski definition) is 5. The Kier molecular flexibility index (Phi) is 6.32. The van der Waals surface area contributed by atoms with Crippen LogP contribution >= 0.6 is 0 Å². The first-order valence-electron chi connectivity index (χ1n) is 6.37. The molecule has 0 radical (unpaired) electrons. The lowest BCUT2D eigenvalue weighted by Crippen LogP contribution is -2.20. The van der Waals surface area contributed by atoms with Crippen LogP contribution in [0.4, 0.5) is 11.4 Å². The third-order valence-electron chi connectivity index (χ3n) is 2.69. The molecule has 0 unspecified atom stereocenters. The van der Waals surface area contributed by atoms with Gasteiger partial charge in [0.25, 0.3) is 0 Å².